The first-order valence-corrected chi connectivity index (χ1v) is 9.10. The monoisotopic (exact) mass is 382 g/mol. The van der Waals surface area contributed by atoms with E-state index < -0.39 is 23.9 Å². The molecule has 0 heterocycles. The molecule has 0 spiro atoms. The number of methoxy groups -OCH3 is 1. The van der Waals surface area contributed by atoms with Gasteiger partial charge >= 0.3 is 12.1 Å². The number of alkyl halides is 3. The van der Waals surface area contributed by atoms with Crippen LogP contribution >= 0.6 is 0 Å². The van der Waals surface area contributed by atoms with Crippen LogP contribution < -0.4 is 0 Å². The van der Waals surface area contributed by atoms with E-state index in [1.807, 2.05) is 13.0 Å². The lowest BCUT2D eigenvalue weighted by Crippen LogP contribution is -2.55. The summed E-state index contributed by atoms with van der Waals surface area (Å²) in [7, 11) is 0.890. The zero-order valence-corrected chi connectivity index (χ0v) is 16.0. The Morgan fingerprint density at radius 3 is 2.33 bits per heavy atom. The van der Waals surface area contributed by atoms with Crippen LogP contribution in [0.3, 0.4) is 0 Å². The summed E-state index contributed by atoms with van der Waals surface area (Å²) in [4.78, 5) is 12.9. The summed E-state index contributed by atoms with van der Waals surface area (Å²) in [5.74, 6) is -0.948. The first-order valence-electron chi connectivity index (χ1n) is 9.10. The Morgan fingerprint density at radius 1 is 1.19 bits per heavy atom. The SMILES string of the molecule is CO[C@](C(=O)O[C@@H]1C(C)=CC[C@H]2C[C@@H]1C2(C)C)(c1ccccc1)C(F)(F)F. The topological polar surface area (TPSA) is 35.5 Å². The molecule has 0 saturated heterocycles. The molecule has 6 heteroatoms. The number of esters is 1. The van der Waals surface area contributed by atoms with Crippen molar-refractivity contribution in [1.29, 1.82) is 0 Å². The van der Waals surface area contributed by atoms with E-state index in [-0.39, 0.29) is 16.9 Å². The summed E-state index contributed by atoms with van der Waals surface area (Å²) in [6.45, 7) is 5.99. The van der Waals surface area contributed by atoms with Gasteiger partial charge in [-0.2, -0.15) is 13.2 Å². The van der Waals surface area contributed by atoms with Gasteiger partial charge in [0.1, 0.15) is 6.10 Å². The predicted octanol–water partition coefficient (Wildman–Crippen LogP) is 5.01. The number of ether oxygens (including phenoxy) is 2. The second-order valence-corrected chi connectivity index (χ2v) is 8.12. The lowest BCUT2D eigenvalue weighted by molar-refractivity contribution is -0.279. The number of hydrogen-bond acceptors (Lipinski definition) is 3. The molecule has 3 aliphatic rings. The van der Waals surface area contributed by atoms with Crippen LogP contribution in [0, 0.1) is 17.3 Å². The Bertz CT molecular complexity index is 739. The zero-order chi connectivity index (χ0) is 20.0. The van der Waals surface area contributed by atoms with Crippen molar-refractivity contribution in [3.8, 4) is 0 Å². The van der Waals surface area contributed by atoms with Gasteiger partial charge in [-0.3, -0.25) is 0 Å². The van der Waals surface area contributed by atoms with Crippen LogP contribution in [0.2, 0.25) is 0 Å². The van der Waals surface area contributed by atoms with Crippen molar-refractivity contribution in [2.45, 2.75) is 51.5 Å². The maximum absolute atomic E-state index is 14.1. The molecule has 0 aliphatic heterocycles. The Balaban J connectivity index is 1.98. The summed E-state index contributed by atoms with van der Waals surface area (Å²) in [5, 5.41) is 0. The van der Waals surface area contributed by atoms with Crippen LogP contribution in [0.4, 0.5) is 13.2 Å². The molecule has 0 radical (unpaired) electrons. The number of hydrogen-bond donors (Lipinski definition) is 0. The third-order valence-corrected chi connectivity index (χ3v) is 6.49. The molecule has 0 aromatic heterocycles. The number of rotatable bonds is 4. The van der Waals surface area contributed by atoms with E-state index in [1.54, 1.807) is 6.07 Å². The smallest absolute Gasteiger partial charge is 0.432 e. The molecule has 2 bridgehead atoms. The van der Waals surface area contributed by atoms with E-state index in [0.29, 0.717) is 5.92 Å². The van der Waals surface area contributed by atoms with E-state index in [1.165, 1.54) is 24.3 Å². The van der Waals surface area contributed by atoms with Gasteiger partial charge in [-0.15, -0.1) is 0 Å². The van der Waals surface area contributed by atoms with E-state index >= 15 is 0 Å². The fraction of sp³-hybridized carbons (Fsp3) is 0.571. The van der Waals surface area contributed by atoms with Gasteiger partial charge in [0, 0.05) is 18.6 Å². The maximum atomic E-state index is 14.1. The van der Waals surface area contributed by atoms with E-state index in [9.17, 15) is 18.0 Å². The third-order valence-electron chi connectivity index (χ3n) is 6.49. The number of allylic oxidation sites excluding steroid dienone is 1. The fourth-order valence-corrected chi connectivity index (χ4v) is 4.49. The lowest BCUT2D eigenvalue weighted by Gasteiger charge is -2.53. The van der Waals surface area contributed by atoms with Gasteiger partial charge in [0.25, 0.3) is 5.60 Å². The largest absolute Gasteiger partial charge is 0.455 e. The Morgan fingerprint density at radius 2 is 1.81 bits per heavy atom. The molecule has 4 atom stereocenters. The molecule has 0 N–H and O–H groups in total. The van der Waals surface area contributed by atoms with Crippen molar-refractivity contribution >= 4 is 5.97 Å². The molecule has 148 valence electrons. The Hall–Kier alpha value is -1.82. The van der Waals surface area contributed by atoms with Crippen LogP contribution in [0.25, 0.3) is 0 Å². The molecular weight excluding hydrogens is 357 g/mol. The van der Waals surface area contributed by atoms with Crippen molar-refractivity contribution in [2.24, 2.45) is 17.3 Å². The molecule has 1 aromatic carbocycles. The fourth-order valence-electron chi connectivity index (χ4n) is 4.49. The predicted molar refractivity (Wildman–Crippen MR) is 94.8 cm³/mol. The average Bonchev–Trinajstić information content (AvgIpc) is 2.81. The number of benzene rings is 1. The summed E-state index contributed by atoms with van der Waals surface area (Å²) in [6.07, 6.45) is -1.94. The summed E-state index contributed by atoms with van der Waals surface area (Å²) < 4.78 is 52.6. The molecule has 3 nitrogen and oxygen atoms in total. The number of fused-ring (bicyclic) bond motifs is 2. The van der Waals surface area contributed by atoms with Gasteiger partial charge in [0.2, 0.25) is 0 Å². The molecule has 0 unspecified atom stereocenters. The maximum Gasteiger partial charge on any atom is 0.432 e. The number of halogens is 3. The highest BCUT2D eigenvalue weighted by Gasteiger charge is 2.65. The molecule has 27 heavy (non-hydrogen) atoms. The highest BCUT2D eigenvalue weighted by Crippen LogP contribution is 2.58. The highest BCUT2D eigenvalue weighted by molar-refractivity contribution is 5.83. The minimum absolute atomic E-state index is 0.00348. The van der Waals surface area contributed by atoms with Crippen LogP contribution in [0.15, 0.2) is 42.0 Å². The van der Waals surface area contributed by atoms with Crippen molar-refractivity contribution in [2.75, 3.05) is 7.11 Å². The minimum atomic E-state index is -4.96. The van der Waals surface area contributed by atoms with Crippen molar-refractivity contribution in [3.05, 3.63) is 47.5 Å². The number of carbonyl (C=O) groups excluding carboxylic acids is 1. The summed E-state index contributed by atoms with van der Waals surface area (Å²) >= 11 is 0. The van der Waals surface area contributed by atoms with Gasteiger partial charge in [-0.05, 0) is 36.7 Å². The van der Waals surface area contributed by atoms with Crippen molar-refractivity contribution < 1.29 is 27.4 Å². The van der Waals surface area contributed by atoms with Crippen LogP contribution in [0.1, 0.15) is 39.2 Å². The second-order valence-electron chi connectivity index (χ2n) is 8.12. The highest BCUT2D eigenvalue weighted by atomic mass is 19.4. The van der Waals surface area contributed by atoms with Crippen LogP contribution in [-0.2, 0) is 19.9 Å². The Kier molecular flexibility index (Phi) is 4.91. The van der Waals surface area contributed by atoms with Gasteiger partial charge in [-0.25, -0.2) is 4.79 Å². The average molecular weight is 382 g/mol. The van der Waals surface area contributed by atoms with Gasteiger partial charge in [0.15, 0.2) is 0 Å². The van der Waals surface area contributed by atoms with Crippen molar-refractivity contribution in [1.82, 2.24) is 0 Å². The quantitative estimate of drug-likeness (QED) is 0.542. The van der Waals surface area contributed by atoms with E-state index in [2.05, 4.69) is 13.8 Å². The Labute approximate surface area is 157 Å². The molecule has 3 aliphatic carbocycles. The second kappa shape index (κ2) is 6.66. The van der Waals surface area contributed by atoms with Gasteiger partial charge in [-0.1, -0.05) is 50.3 Å². The lowest BCUT2D eigenvalue weighted by atomic mass is 9.53. The van der Waals surface area contributed by atoms with E-state index in [4.69, 9.17) is 9.47 Å². The summed E-state index contributed by atoms with van der Waals surface area (Å²) in [5.41, 5.74) is -2.71. The molecule has 1 fully saturated rings. The first-order chi connectivity index (χ1) is 12.6. The normalized spacial score (nSPS) is 29.0. The van der Waals surface area contributed by atoms with Gasteiger partial charge < -0.3 is 9.47 Å². The standard InChI is InChI=1S/C21H25F3O3/c1-13-10-11-15-12-16(19(15,2)3)17(13)27-18(25)20(26-4,21(22,23)24)14-8-6-5-7-9-14/h5-10,15-17H,11-12H2,1-4H3/t15-,16-,17+,20-/m0/s1. The van der Waals surface area contributed by atoms with Crippen LogP contribution in [-0.4, -0.2) is 25.4 Å². The molecule has 1 saturated carbocycles. The van der Waals surface area contributed by atoms with Crippen molar-refractivity contribution in [3.63, 3.8) is 0 Å². The number of carbonyl (C=O) groups is 1. The third kappa shape index (κ3) is 2.98. The summed E-state index contributed by atoms with van der Waals surface area (Å²) in [6, 6.07) is 6.94. The molecule has 0 amide bonds. The van der Waals surface area contributed by atoms with Gasteiger partial charge in [0.05, 0.1) is 0 Å². The molecule has 1 aromatic rings. The minimum Gasteiger partial charge on any atom is -0.455 e. The molecular formula is C21H25F3O3. The van der Waals surface area contributed by atoms with E-state index in [0.717, 1.165) is 25.5 Å². The molecule has 4 rings (SSSR count). The zero-order valence-electron chi connectivity index (χ0n) is 16.0. The first kappa shape index (κ1) is 19.9. The van der Waals surface area contributed by atoms with Crippen LogP contribution in [0.5, 0.6) is 0 Å².